The number of ether oxygens (including phenoxy) is 1. The smallest absolute Gasteiger partial charge is 0.0538 e. The molecule has 1 fully saturated rings. The van der Waals surface area contributed by atoms with Crippen LogP contribution in [0.4, 0.5) is 0 Å². The molecule has 1 unspecified atom stereocenters. The lowest BCUT2D eigenvalue weighted by atomic mass is 9.81. The van der Waals surface area contributed by atoms with E-state index in [-0.39, 0.29) is 0 Å². The van der Waals surface area contributed by atoms with E-state index in [0.29, 0.717) is 5.41 Å². The van der Waals surface area contributed by atoms with Gasteiger partial charge >= 0.3 is 0 Å². The van der Waals surface area contributed by atoms with Crippen LogP contribution in [0.25, 0.3) is 0 Å². The van der Waals surface area contributed by atoms with Crippen molar-refractivity contribution < 1.29 is 4.74 Å². The Bertz CT molecular complexity index is 278. The minimum atomic E-state index is 0.344. The fourth-order valence-electron chi connectivity index (χ4n) is 2.21. The van der Waals surface area contributed by atoms with E-state index in [2.05, 4.69) is 29.1 Å². The lowest BCUT2D eigenvalue weighted by molar-refractivity contribution is 0.150. The van der Waals surface area contributed by atoms with E-state index in [9.17, 15) is 0 Å². The third-order valence-electron chi connectivity index (χ3n) is 3.09. The van der Waals surface area contributed by atoms with Crippen molar-refractivity contribution in [3.63, 3.8) is 0 Å². The highest BCUT2D eigenvalue weighted by molar-refractivity contribution is 7.07. The fourth-order valence-corrected chi connectivity index (χ4v) is 2.88. The molecule has 1 saturated heterocycles. The molecule has 1 N–H and O–H groups in total. The van der Waals surface area contributed by atoms with Gasteiger partial charge in [-0.1, -0.05) is 6.92 Å². The molecule has 2 heterocycles. The van der Waals surface area contributed by atoms with E-state index in [1.165, 1.54) is 12.0 Å². The Morgan fingerprint density at radius 3 is 3.13 bits per heavy atom. The summed E-state index contributed by atoms with van der Waals surface area (Å²) in [6.07, 6.45) is 2.35. The van der Waals surface area contributed by atoms with Crippen molar-refractivity contribution in [1.82, 2.24) is 5.32 Å². The fraction of sp³-hybridized carbons (Fsp3) is 0.667. The molecule has 84 valence electrons. The van der Waals surface area contributed by atoms with E-state index in [0.717, 1.165) is 32.7 Å². The summed E-state index contributed by atoms with van der Waals surface area (Å²) >= 11 is 1.78. The van der Waals surface area contributed by atoms with Crippen molar-refractivity contribution in [2.24, 2.45) is 5.41 Å². The van der Waals surface area contributed by atoms with Crippen LogP contribution < -0.4 is 5.32 Å². The number of nitrogens with one attached hydrogen (secondary N) is 1. The molecule has 0 radical (unpaired) electrons. The summed E-state index contributed by atoms with van der Waals surface area (Å²) in [6.45, 7) is 6.13. The average Bonchev–Trinajstić information content (AvgIpc) is 2.88. The van der Waals surface area contributed by atoms with Crippen LogP contribution in [-0.4, -0.2) is 26.3 Å². The lowest BCUT2D eigenvalue weighted by Gasteiger charge is -2.27. The zero-order valence-corrected chi connectivity index (χ0v) is 10.1. The molecular weight excluding hydrogens is 206 g/mol. The maximum absolute atomic E-state index is 5.57. The SMILES string of the molecule is CCNCC1(Cc2ccsc2)CCOC1. The summed E-state index contributed by atoms with van der Waals surface area (Å²) < 4.78 is 5.57. The third kappa shape index (κ3) is 2.80. The summed E-state index contributed by atoms with van der Waals surface area (Å²) in [5.41, 5.74) is 1.81. The zero-order valence-electron chi connectivity index (χ0n) is 9.29. The molecule has 0 aromatic carbocycles. The zero-order chi connectivity index (χ0) is 10.6. The molecule has 1 aromatic heterocycles. The van der Waals surface area contributed by atoms with Gasteiger partial charge in [0.15, 0.2) is 0 Å². The molecule has 0 saturated carbocycles. The first-order valence-corrected chi connectivity index (χ1v) is 6.58. The molecule has 1 atom stereocenters. The van der Waals surface area contributed by atoms with Crippen LogP contribution in [0.5, 0.6) is 0 Å². The quantitative estimate of drug-likeness (QED) is 0.830. The summed E-state index contributed by atoms with van der Waals surface area (Å²) in [7, 11) is 0. The van der Waals surface area contributed by atoms with Gasteiger partial charge in [-0.15, -0.1) is 0 Å². The molecule has 3 heteroatoms. The van der Waals surface area contributed by atoms with E-state index >= 15 is 0 Å². The summed E-state index contributed by atoms with van der Waals surface area (Å²) in [4.78, 5) is 0. The van der Waals surface area contributed by atoms with Crippen LogP contribution in [0.1, 0.15) is 18.9 Å². The van der Waals surface area contributed by atoms with Crippen molar-refractivity contribution in [3.05, 3.63) is 22.4 Å². The van der Waals surface area contributed by atoms with Crippen molar-refractivity contribution >= 4 is 11.3 Å². The Morgan fingerprint density at radius 1 is 1.60 bits per heavy atom. The molecule has 0 amide bonds. The monoisotopic (exact) mass is 225 g/mol. The second kappa shape index (κ2) is 5.10. The molecule has 15 heavy (non-hydrogen) atoms. The van der Waals surface area contributed by atoms with E-state index in [1.54, 1.807) is 11.3 Å². The van der Waals surface area contributed by atoms with Gasteiger partial charge in [-0.05, 0) is 41.8 Å². The van der Waals surface area contributed by atoms with E-state index < -0.39 is 0 Å². The van der Waals surface area contributed by atoms with Crippen LogP contribution in [0, 0.1) is 5.41 Å². The molecular formula is C12H19NOS. The first-order valence-electron chi connectivity index (χ1n) is 5.64. The molecule has 2 rings (SSSR count). The van der Waals surface area contributed by atoms with Gasteiger partial charge in [-0.2, -0.15) is 11.3 Å². The van der Waals surface area contributed by atoms with Crippen molar-refractivity contribution in [3.8, 4) is 0 Å². The van der Waals surface area contributed by atoms with Crippen molar-refractivity contribution in [2.75, 3.05) is 26.3 Å². The number of hydrogen-bond donors (Lipinski definition) is 1. The van der Waals surface area contributed by atoms with Gasteiger partial charge in [0.05, 0.1) is 6.61 Å². The van der Waals surface area contributed by atoms with E-state index in [1.807, 2.05) is 0 Å². The van der Waals surface area contributed by atoms with Gasteiger partial charge in [-0.25, -0.2) is 0 Å². The van der Waals surface area contributed by atoms with Gasteiger partial charge in [-0.3, -0.25) is 0 Å². The van der Waals surface area contributed by atoms with Crippen LogP contribution in [-0.2, 0) is 11.2 Å². The van der Waals surface area contributed by atoms with Crippen molar-refractivity contribution in [1.29, 1.82) is 0 Å². The highest BCUT2D eigenvalue weighted by atomic mass is 32.1. The van der Waals surface area contributed by atoms with Gasteiger partial charge in [0.25, 0.3) is 0 Å². The standard InChI is InChI=1S/C12H19NOS/c1-2-13-9-12(4-5-14-10-12)7-11-3-6-15-8-11/h3,6,8,13H,2,4-5,7,9-10H2,1H3. The molecule has 0 aliphatic carbocycles. The topological polar surface area (TPSA) is 21.3 Å². The van der Waals surface area contributed by atoms with Gasteiger partial charge in [0, 0.05) is 18.6 Å². The highest BCUT2D eigenvalue weighted by Gasteiger charge is 2.34. The Morgan fingerprint density at radius 2 is 2.53 bits per heavy atom. The van der Waals surface area contributed by atoms with Crippen LogP contribution >= 0.6 is 11.3 Å². The molecule has 0 bridgehead atoms. The predicted molar refractivity (Wildman–Crippen MR) is 64.4 cm³/mol. The van der Waals surface area contributed by atoms with Crippen LogP contribution in [0.15, 0.2) is 16.8 Å². The maximum Gasteiger partial charge on any atom is 0.0538 e. The second-order valence-electron chi connectivity index (χ2n) is 4.39. The Hall–Kier alpha value is -0.380. The molecule has 1 aromatic rings. The lowest BCUT2D eigenvalue weighted by Crippen LogP contribution is -2.36. The molecule has 1 aliphatic rings. The van der Waals surface area contributed by atoms with Crippen LogP contribution in [0.2, 0.25) is 0 Å². The summed E-state index contributed by atoms with van der Waals surface area (Å²) in [5, 5.41) is 7.88. The largest absolute Gasteiger partial charge is 0.381 e. The summed E-state index contributed by atoms with van der Waals surface area (Å²) in [6, 6.07) is 2.23. The minimum Gasteiger partial charge on any atom is -0.381 e. The van der Waals surface area contributed by atoms with E-state index in [4.69, 9.17) is 4.74 Å². The maximum atomic E-state index is 5.57. The van der Waals surface area contributed by atoms with Gasteiger partial charge in [0.2, 0.25) is 0 Å². The van der Waals surface area contributed by atoms with Gasteiger partial charge < -0.3 is 10.1 Å². The second-order valence-corrected chi connectivity index (χ2v) is 5.17. The minimum absolute atomic E-state index is 0.344. The Kier molecular flexibility index (Phi) is 3.78. The third-order valence-corrected chi connectivity index (χ3v) is 3.83. The number of rotatable bonds is 5. The molecule has 2 nitrogen and oxygen atoms in total. The normalized spacial score (nSPS) is 25.9. The molecule has 0 spiro atoms. The first-order chi connectivity index (χ1) is 7.35. The first kappa shape index (κ1) is 11.1. The number of thiophene rings is 1. The van der Waals surface area contributed by atoms with Gasteiger partial charge in [0.1, 0.15) is 0 Å². The highest BCUT2D eigenvalue weighted by Crippen LogP contribution is 2.32. The number of hydrogen-bond acceptors (Lipinski definition) is 3. The Labute approximate surface area is 95.6 Å². The molecule has 1 aliphatic heterocycles. The van der Waals surface area contributed by atoms with Crippen molar-refractivity contribution in [2.45, 2.75) is 19.8 Å². The summed E-state index contributed by atoms with van der Waals surface area (Å²) in [5.74, 6) is 0. The average molecular weight is 225 g/mol. The van der Waals surface area contributed by atoms with Crippen LogP contribution in [0.3, 0.4) is 0 Å². The predicted octanol–water partition coefficient (Wildman–Crippen LogP) is 2.31. The Balaban J connectivity index is 1.99.